The number of aliphatic imine (C=N–C) groups is 2. The van der Waals surface area contributed by atoms with Crippen molar-refractivity contribution in [2.45, 2.75) is 6.17 Å². The number of aromatic nitrogens is 1. The van der Waals surface area contributed by atoms with Gasteiger partial charge in [0.2, 0.25) is 0 Å². The topological polar surface area (TPSA) is 41.7 Å². The number of amidine groups is 2. The molecule has 11 aromatic rings. The minimum absolute atomic E-state index is 0.320. The summed E-state index contributed by atoms with van der Waals surface area (Å²) in [6.45, 7) is 0. The number of hydrogen-bond donors (Lipinski definition) is 1. The maximum Gasteiger partial charge on any atom is 0.160 e. The van der Waals surface area contributed by atoms with Crippen LogP contribution in [0.2, 0.25) is 0 Å². The standard InChI is InChI=1S/C57H38N4/c1-4-17-37(18-5-1)55-58-56(38-19-6-2-7-20-38)60-57(59-55)51-35-42(34-50-46-27-11-10-25-44(46)45-26-12-13-29-49(45)54(50)51)40-22-16-21-39(33-40)41-31-32-48-47-28-14-15-30-52(47)61(53(48)36-41)43-23-8-3-9-24-43/h1-36,55H,(H,58,59,60). The van der Waals surface area contributed by atoms with Crippen molar-refractivity contribution in [2.75, 3.05) is 0 Å². The molecule has 0 bridgehead atoms. The van der Waals surface area contributed by atoms with Crippen LogP contribution >= 0.6 is 0 Å². The molecule has 0 spiro atoms. The number of benzene rings is 10. The number of para-hydroxylation sites is 2. The number of rotatable bonds is 6. The number of fused-ring (bicyclic) bond motifs is 9. The molecule has 1 aliphatic rings. The van der Waals surface area contributed by atoms with Gasteiger partial charge in [-0.2, -0.15) is 0 Å². The average Bonchev–Trinajstić information content (AvgIpc) is 3.68. The van der Waals surface area contributed by atoms with E-state index in [9.17, 15) is 0 Å². The summed E-state index contributed by atoms with van der Waals surface area (Å²) in [7, 11) is 0. The smallest absolute Gasteiger partial charge is 0.160 e. The fraction of sp³-hybridized carbons (Fsp3) is 0.0175. The molecular formula is C57H38N4. The van der Waals surface area contributed by atoms with Gasteiger partial charge in [0.25, 0.3) is 0 Å². The van der Waals surface area contributed by atoms with Gasteiger partial charge in [-0.05, 0) is 97.2 Å². The van der Waals surface area contributed by atoms with Crippen LogP contribution in [0.3, 0.4) is 0 Å². The minimum Gasteiger partial charge on any atom is -0.344 e. The highest BCUT2D eigenvalue weighted by molar-refractivity contribution is 6.31. The van der Waals surface area contributed by atoms with Crippen molar-refractivity contribution in [3.8, 4) is 27.9 Å². The van der Waals surface area contributed by atoms with Crippen LogP contribution in [-0.2, 0) is 0 Å². The predicted molar refractivity (Wildman–Crippen MR) is 256 cm³/mol. The Balaban J connectivity index is 1.09. The number of nitrogens with zero attached hydrogens (tertiary/aromatic N) is 3. The fourth-order valence-corrected chi connectivity index (χ4v) is 9.38. The molecular weight excluding hydrogens is 741 g/mol. The third-order valence-corrected chi connectivity index (χ3v) is 12.2. The van der Waals surface area contributed by atoms with E-state index < -0.39 is 0 Å². The number of nitrogens with one attached hydrogen (secondary N) is 1. The Kier molecular flexibility index (Phi) is 8.20. The maximum atomic E-state index is 5.43. The van der Waals surface area contributed by atoms with Gasteiger partial charge in [0.05, 0.1) is 11.0 Å². The monoisotopic (exact) mass is 778 g/mol. The van der Waals surface area contributed by atoms with E-state index in [1.54, 1.807) is 0 Å². The van der Waals surface area contributed by atoms with Gasteiger partial charge in [0.15, 0.2) is 5.84 Å². The van der Waals surface area contributed by atoms with Gasteiger partial charge >= 0.3 is 0 Å². The molecule has 0 radical (unpaired) electrons. The summed E-state index contributed by atoms with van der Waals surface area (Å²) >= 11 is 0. The molecule has 1 aliphatic heterocycles. The molecule has 61 heavy (non-hydrogen) atoms. The van der Waals surface area contributed by atoms with E-state index in [0.717, 1.165) is 55.9 Å². The molecule has 4 heteroatoms. The van der Waals surface area contributed by atoms with Gasteiger partial charge in [-0.25, -0.2) is 9.98 Å². The van der Waals surface area contributed by atoms with Crippen LogP contribution in [0, 0.1) is 0 Å². The van der Waals surface area contributed by atoms with Gasteiger partial charge in [-0.15, -0.1) is 0 Å². The summed E-state index contributed by atoms with van der Waals surface area (Å²) in [6, 6.07) is 78.3. The lowest BCUT2D eigenvalue weighted by Gasteiger charge is -2.25. The Hall–Kier alpha value is -8.08. The highest BCUT2D eigenvalue weighted by Crippen LogP contribution is 2.42. The second-order valence-corrected chi connectivity index (χ2v) is 15.8. The third-order valence-electron chi connectivity index (χ3n) is 12.2. The highest BCUT2D eigenvalue weighted by Gasteiger charge is 2.24. The Morgan fingerprint density at radius 1 is 0.377 bits per heavy atom. The van der Waals surface area contributed by atoms with Crippen LogP contribution < -0.4 is 5.32 Å². The fourth-order valence-electron chi connectivity index (χ4n) is 9.38. The van der Waals surface area contributed by atoms with E-state index in [1.165, 1.54) is 48.7 Å². The summed E-state index contributed by atoms with van der Waals surface area (Å²) in [4.78, 5) is 10.8. The average molecular weight is 779 g/mol. The Morgan fingerprint density at radius 3 is 1.69 bits per heavy atom. The maximum absolute atomic E-state index is 5.43. The van der Waals surface area contributed by atoms with Gasteiger partial charge in [-0.3, -0.25) is 0 Å². The Labute approximate surface area is 353 Å². The molecule has 0 fully saturated rings. The summed E-state index contributed by atoms with van der Waals surface area (Å²) < 4.78 is 2.38. The second-order valence-electron chi connectivity index (χ2n) is 15.8. The zero-order chi connectivity index (χ0) is 40.3. The Morgan fingerprint density at radius 2 is 0.934 bits per heavy atom. The number of hydrogen-bond acceptors (Lipinski definition) is 3. The van der Waals surface area contributed by atoms with Crippen LogP contribution in [0.25, 0.3) is 82.1 Å². The minimum atomic E-state index is -0.320. The molecule has 0 aliphatic carbocycles. The molecule has 1 N–H and O–H groups in total. The lowest BCUT2D eigenvalue weighted by molar-refractivity contribution is 0.674. The molecule has 286 valence electrons. The molecule has 0 saturated carbocycles. The molecule has 1 atom stereocenters. The van der Waals surface area contributed by atoms with Gasteiger partial charge in [0.1, 0.15) is 12.0 Å². The molecule has 12 rings (SSSR count). The summed E-state index contributed by atoms with van der Waals surface area (Å²) in [5.41, 5.74) is 11.2. The van der Waals surface area contributed by atoms with E-state index in [4.69, 9.17) is 9.98 Å². The van der Waals surface area contributed by atoms with Crippen molar-refractivity contribution in [3.63, 3.8) is 0 Å². The first-order valence-corrected chi connectivity index (χ1v) is 20.9. The molecule has 1 aromatic heterocycles. The van der Waals surface area contributed by atoms with Gasteiger partial charge in [-0.1, -0.05) is 176 Å². The van der Waals surface area contributed by atoms with Crippen molar-refractivity contribution in [1.29, 1.82) is 0 Å². The van der Waals surface area contributed by atoms with Crippen molar-refractivity contribution < 1.29 is 0 Å². The molecule has 10 aromatic carbocycles. The van der Waals surface area contributed by atoms with E-state index in [2.05, 4.69) is 216 Å². The van der Waals surface area contributed by atoms with Crippen LogP contribution in [0.5, 0.6) is 0 Å². The van der Waals surface area contributed by atoms with E-state index in [1.807, 2.05) is 12.1 Å². The molecule has 4 nitrogen and oxygen atoms in total. The molecule has 0 saturated heterocycles. The lowest BCUT2D eigenvalue weighted by atomic mass is 9.88. The summed E-state index contributed by atoms with van der Waals surface area (Å²) in [5, 5.41) is 13.3. The van der Waals surface area contributed by atoms with Crippen molar-refractivity contribution in [1.82, 2.24) is 9.88 Å². The first-order valence-electron chi connectivity index (χ1n) is 20.9. The van der Waals surface area contributed by atoms with Gasteiger partial charge < -0.3 is 9.88 Å². The van der Waals surface area contributed by atoms with Crippen molar-refractivity contribution in [3.05, 3.63) is 235 Å². The molecule has 0 amide bonds. The van der Waals surface area contributed by atoms with Crippen LogP contribution in [-0.4, -0.2) is 16.2 Å². The van der Waals surface area contributed by atoms with Crippen LogP contribution in [0.15, 0.2) is 228 Å². The lowest BCUT2D eigenvalue weighted by Crippen LogP contribution is -2.33. The van der Waals surface area contributed by atoms with Crippen LogP contribution in [0.4, 0.5) is 0 Å². The molecule has 2 heterocycles. The summed E-state index contributed by atoms with van der Waals surface area (Å²) in [6.07, 6.45) is -0.320. The Bertz CT molecular complexity index is 3550. The van der Waals surface area contributed by atoms with E-state index in [-0.39, 0.29) is 6.17 Å². The normalized spacial score (nSPS) is 14.1. The first kappa shape index (κ1) is 34.9. The zero-order valence-electron chi connectivity index (χ0n) is 33.2. The molecule has 1 unspecified atom stereocenters. The highest BCUT2D eigenvalue weighted by atomic mass is 15.2. The van der Waals surface area contributed by atoms with Crippen molar-refractivity contribution >= 4 is 65.8 Å². The quantitative estimate of drug-likeness (QED) is 0.168. The second kappa shape index (κ2) is 14.3. The van der Waals surface area contributed by atoms with Crippen molar-refractivity contribution in [2.24, 2.45) is 9.98 Å². The SMILES string of the molecule is c1ccc(C2=NC(c3cc(-c4cccc(-c5ccc6c7ccccc7n(-c7ccccc7)c6c5)c4)cc4c5ccccc5c5ccccc5c34)=NC(c3ccccc3)N2)cc1. The first-order chi connectivity index (χ1) is 30.2. The van der Waals surface area contributed by atoms with Gasteiger partial charge in [0, 0.05) is 33.0 Å². The summed E-state index contributed by atoms with van der Waals surface area (Å²) in [5.74, 6) is 1.50. The third kappa shape index (κ3) is 5.91. The van der Waals surface area contributed by atoms with E-state index in [0.29, 0.717) is 5.84 Å². The predicted octanol–water partition coefficient (Wildman–Crippen LogP) is 14.1. The largest absolute Gasteiger partial charge is 0.344 e. The van der Waals surface area contributed by atoms with Crippen LogP contribution in [0.1, 0.15) is 22.9 Å². The van der Waals surface area contributed by atoms with E-state index >= 15 is 0 Å². The zero-order valence-corrected chi connectivity index (χ0v) is 33.2.